The van der Waals surface area contributed by atoms with Crippen LogP contribution in [0.1, 0.15) is 18.4 Å². The molecule has 2 fully saturated rings. The van der Waals surface area contributed by atoms with E-state index < -0.39 is 4.92 Å². The highest BCUT2D eigenvalue weighted by molar-refractivity contribution is 6.31. The van der Waals surface area contributed by atoms with Gasteiger partial charge in [0.2, 0.25) is 0 Å². The van der Waals surface area contributed by atoms with Crippen LogP contribution in [0.25, 0.3) is 0 Å². The zero-order valence-electron chi connectivity index (χ0n) is 11.2. The van der Waals surface area contributed by atoms with Gasteiger partial charge in [-0.25, -0.2) is 0 Å². The molecule has 1 aromatic rings. The summed E-state index contributed by atoms with van der Waals surface area (Å²) in [4.78, 5) is 12.8. The minimum atomic E-state index is -0.409. The highest BCUT2D eigenvalue weighted by Crippen LogP contribution is 2.30. The molecular formula is C14H18ClN3O2. The van der Waals surface area contributed by atoms with Crippen LogP contribution < -0.4 is 5.32 Å². The van der Waals surface area contributed by atoms with Gasteiger partial charge in [-0.2, -0.15) is 0 Å². The molecule has 1 aromatic carbocycles. The van der Waals surface area contributed by atoms with Crippen LogP contribution in [0.4, 0.5) is 5.69 Å². The summed E-state index contributed by atoms with van der Waals surface area (Å²) in [5, 5.41) is 14.7. The number of rotatable bonds is 3. The molecule has 2 saturated heterocycles. The molecule has 0 radical (unpaired) electrons. The average Bonchev–Trinajstić information content (AvgIpc) is 2.90. The Hall–Kier alpha value is -1.17. The molecule has 0 amide bonds. The summed E-state index contributed by atoms with van der Waals surface area (Å²) in [6, 6.07) is 5.35. The molecule has 0 spiro atoms. The highest BCUT2D eigenvalue weighted by atomic mass is 35.5. The van der Waals surface area contributed by atoms with Gasteiger partial charge in [-0.1, -0.05) is 11.6 Å². The smallest absolute Gasteiger partial charge is 0.270 e. The number of likely N-dealkylation sites (tertiary alicyclic amines) is 1. The fourth-order valence-corrected chi connectivity index (χ4v) is 3.59. The van der Waals surface area contributed by atoms with Crippen LogP contribution >= 0.6 is 11.6 Å². The average molecular weight is 296 g/mol. The predicted molar refractivity (Wildman–Crippen MR) is 77.9 cm³/mol. The van der Waals surface area contributed by atoms with Crippen molar-refractivity contribution in [2.24, 2.45) is 5.92 Å². The number of nitro benzene ring substituents is 1. The van der Waals surface area contributed by atoms with Gasteiger partial charge in [0.15, 0.2) is 0 Å². The van der Waals surface area contributed by atoms with Crippen LogP contribution in [0.2, 0.25) is 5.02 Å². The maximum atomic E-state index is 10.7. The van der Waals surface area contributed by atoms with E-state index in [0.29, 0.717) is 11.1 Å². The quantitative estimate of drug-likeness (QED) is 0.687. The first-order valence-electron chi connectivity index (χ1n) is 7.03. The van der Waals surface area contributed by atoms with Crippen molar-refractivity contribution in [1.29, 1.82) is 0 Å². The van der Waals surface area contributed by atoms with Crippen molar-refractivity contribution in [2.75, 3.05) is 19.6 Å². The van der Waals surface area contributed by atoms with Gasteiger partial charge in [0.25, 0.3) is 5.69 Å². The standard InChI is InChI=1S/C14H18ClN3O2/c15-13-6-12(18(19)20)4-3-11(13)9-17-5-1-2-10-7-16-8-14(10)17/h3-4,6,10,14,16H,1-2,5,7-9H2. The Morgan fingerprint density at radius 2 is 2.30 bits per heavy atom. The molecule has 0 aliphatic carbocycles. The molecule has 20 heavy (non-hydrogen) atoms. The van der Waals surface area contributed by atoms with Gasteiger partial charge in [0.1, 0.15) is 0 Å². The van der Waals surface area contributed by atoms with E-state index in [4.69, 9.17) is 11.6 Å². The summed E-state index contributed by atoms with van der Waals surface area (Å²) in [6.07, 6.45) is 2.51. The molecule has 5 nitrogen and oxygen atoms in total. The normalized spacial score (nSPS) is 26.4. The number of non-ortho nitro benzene ring substituents is 1. The number of hydrogen-bond acceptors (Lipinski definition) is 4. The number of nitrogens with one attached hydrogen (secondary N) is 1. The van der Waals surface area contributed by atoms with Gasteiger partial charge in [-0.05, 0) is 43.5 Å². The van der Waals surface area contributed by atoms with E-state index in [-0.39, 0.29) is 5.69 Å². The van der Waals surface area contributed by atoms with Gasteiger partial charge < -0.3 is 5.32 Å². The first-order valence-corrected chi connectivity index (χ1v) is 7.40. The zero-order chi connectivity index (χ0) is 14.1. The van der Waals surface area contributed by atoms with Crippen molar-refractivity contribution in [3.63, 3.8) is 0 Å². The number of hydrogen-bond donors (Lipinski definition) is 1. The van der Waals surface area contributed by atoms with Gasteiger partial charge >= 0.3 is 0 Å². The Morgan fingerprint density at radius 1 is 1.45 bits per heavy atom. The Morgan fingerprint density at radius 3 is 3.05 bits per heavy atom. The molecule has 6 heteroatoms. The summed E-state index contributed by atoms with van der Waals surface area (Å²) >= 11 is 6.19. The second kappa shape index (κ2) is 5.68. The molecule has 1 N–H and O–H groups in total. The Kier molecular flexibility index (Phi) is 3.92. The number of nitro groups is 1. The van der Waals surface area contributed by atoms with Crippen molar-refractivity contribution in [3.8, 4) is 0 Å². The molecule has 2 aliphatic heterocycles. The van der Waals surface area contributed by atoms with Crippen molar-refractivity contribution < 1.29 is 4.92 Å². The van der Waals surface area contributed by atoms with E-state index in [1.54, 1.807) is 6.07 Å². The summed E-state index contributed by atoms with van der Waals surface area (Å²) < 4.78 is 0. The second-order valence-corrected chi connectivity index (χ2v) is 6.04. The molecule has 0 bridgehead atoms. The third kappa shape index (κ3) is 2.66. The summed E-state index contributed by atoms with van der Waals surface area (Å²) in [7, 11) is 0. The molecule has 2 aliphatic rings. The van der Waals surface area contributed by atoms with Gasteiger partial charge in [0, 0.05) is 31.3 Å². The molecule has 0 aromatic heterocycles. The number of halogens is 1. The number of nitrogens with zero attached hydrogens (tertiary/aromatic N) is 2. The minimum Gasteiger partial charge on any atom is -0.315 e. The lowest BCUT2D eigenvalue weighted by atomic mass is 9.91. The Labute approximate surface area is 123 Å². The van der Waals surface area contributed by atoms with E-state index in [0.717, 1.165) is 37.7 Å². The second-order valence-electron chi connectivity index (χ2n) is 5.63. The lowest BCUT2D eigenvalue weighted by molar-refractivity contribution is -0.384. The maximum Gasteiger partial charge on any atom is 0.270 e. The molecule has 2 unspecified atom stereocenters. The van der Waals surface area contributed by atoms with E-state index >= 15 is 0 Å². The first-order chi connectivity index (χ1) is 9.65. The van der Waals surface area contributed by atoms with Crippen molar-refractivity contribution in [3.05, 3.63) is 38.9 Å². The van der Waals surface area contributed by atoms with Crippen LogP contribution in [-0.2, 0) is 6.54 Å². The van der Waals surface area contributed by atoms with Crippen LogP contribution in [0.5, 0.6) is 0 Å². The SMILES string of the molecule is O=[N+]([O-])c1ccc(CN2CCCC3CNCC32)c(Cl)c1. The fraction of sp³-hybridized carbons (Fsp3) is 0.571. The summed E-state index contributed by atoms with van der Waals surface area (Å²) in [5.74, 6) is 0.737. The van der Waals surface area contributed by atoms with E-state index in [9.17, 15) is 10.1 Å². The van der Waals surface area contributed by atoms with Crippen molar-refractivity contribution >= 4 is 17.3 Å². The third-order valence-electron chi connectivity index (χ3n) is 4.41. The first kappa shape index (κ1) is 13.8. The largest absolute Gasteiger partial charge is 0.315 e. The topological polar surface area (TPSA) is 58.4 Å². The Bertz CT molecular complexity index is 523. The number of benzene rings is 1. The van der Waals surface area contributed by atoms with Gasteiger partial charge in [0.05, 0.1) is 9.95 Å². The van der Waals surface area contributed by atoms with Gasteiger partial charge in [-0.15, -0.1) is 0 Å². The monoisotopic (exact) mass is 295 g/mol. The van der Waals surface area contributed by atoms with E-state index in [1.165, 1.54) is 25.0 Å². The summed E-state index contributed by atoms with van der Waals surface area (Å²) in [5.41, 5.74) is 1.03. The molecule has 0 saturated carbocycles. The molecule has 108 valence electrons. The van der Waals surface area contributed by atoms with Crippen LogP contribution in [-0.4, -0.2) is 35.5 Å². The molecule has 2 atom stereocenters. The van der Waals surface area contributed by atoms with Crippen LogP contribution in [0.3, 0.4) is 0 Å². The van der Waals surface area contributed by atoms with Crippen LogP contribution in [0.15, 0.2) is 18.2 Å². The lowest BCUT2D eigenvalue weighted by Crippen LogP contribution is -2.44. The summed E-state index contributed by atoms with van der Waals surface area (Å²) in [6.45, 7) is 4.00. The number of piperidine rings is 1. The van der Waals surface area contributed by atoms with Crippen molar-refractivity contribution in [1.82, 2.24) is 10.2 Å². The lowest BCUT2D eigenvalue weighted by Gasteiger charge is -2.37. The maximum absolute atomic E-state index is 10.7. The molecule has 3 rings (SSSR count). The minimum absolute atomic E-state index is 0.0535. The predicted octanol–water partition coefficient (Wildman–Crippen LogP) is 2.43. The third-order valence-corrected chi connectivity index (χ3v) is 4.77. The zero-order valence-corrected chi connectivity index (χ0v) is 12.0. The number of fused-ring (bicyclic) bond motifs is 1. The van der Waals surface area contributed by atoms with Crippen LogP contribution in [0, 0.1) is 16.0 Å². The highest BCUT2D eigenvalue weighted by Gasteiger charge is 2.34. The Balaban J connectivity index is 1.75. The van der Waals surface area contributed by atoms with E-state index in [2.05, 4.69) is 10.2 Å². The molecule has 2 heterocycles. The van der Waals surface area contributed by atoms with Crippen molar-refractivity contribution in [2.45, 2.75) is 25.4 Å². The fourth-order valence-electron chi connectivity index (χ4n) is 3.36. The van der Waals surface area contributed by atoms with Gasteiger partial charge in [-0.3, -0.25) is 15.0 Å². The van der Waals surface area contributed by atoms with E-state index in [1.807, 2.05) is 0 Å². The molecular weight excluding hydrogens is 278 g/mol.